The molecular weight excluding hydrogens is 392 g/mol. The molecule has 0 saturated heterocycles. The maximum absolute atomic E-state index is 5.41. The van der Waals surface area contributed by atoms with Crippen LogP contribution in [-0.4, -0.2) is 20.4 Å². The quantitative estimate of drug-likeness (QED) is 0.509. The van der Waals surface area contributed by atoms with Crippen LogP contribution in [0.5, 0.6) is 11.5 Å². The van der Waals surface area contributed by atoms with E-state index in [1.54, 1.807) is 20.4 Å². The molecular formula is C21H19BrN2O2. The minimum absolute atomic E-state index is 0.705. The predicted molar refractivity (Wildman–Crippen MR) is 111 cm³/mol. The Bertz CT molecular complexity index is 894. The third kappa shape index (κ3) is 4.43. The highest BCUT2D eigenvalue weighted by atomic mass is 79.9. The Kier molecular flexibility index (Phi) is 5.92. The minimum Gasteiger partial charge on any atom is -0.496 e. The first-order valence-electron chi connectivity index (χ1n) is 8.07. The van der Waals surface area contributed by atoms with Crippen molar-refractivity contribution in [2.24, 2.45) is 4.99 Å². The molecule has 0 aliphatic rings. The van der Waals surface area contributed by atoms with Crippen LogP contribution in [0.1, 0.15) is 5.56 Å². The smallest absolute Gasteiger partial charge is 0.136 e. The lowest BCUT2D eigenvalue weighted by atomic mass is 10.2. The van der Waals surface area contributed by atoms with Crippen molar-refractivity contribution in [2.75, 3.05) is 19.5 Å². The Morgan fingerprint density at radius 2 is 1.50 bits per heavy atom. The van der Waals surface area contributed by atoms with Gasteiger partial charge in [-0.1, -0.05) is 18.2 Å². The molecule has 1 N–H and O–H groups in total. The molecule has 3 aromatic rings. The van der Waals surface area contributed by atoms with Crippen molar-refractivity contribution in [3.05, 3.63) is 76.8 Å². The highest BCUT2D eigenvalue weighted by molar-refractivity contribution is 9.10. The van der Waals surface area contributed by atoms with Gasteiger partial charge >= 0.3 is 0 Å². The second-order valence-electron chi connectivity index (χ2n) is 5.52. The topological polar surface area (TPSA) is 42.9 Å². The largest absolute Gasteiger partial charge is 0.496 e. The average molecular weight is 411 g/mol. The van der Waals surface area contributed by atoms with Gasteiger partial charge in [-0.25, -0.2) is 0 Å². The van der Waals surface area contributed by atoms with Gasteiger partial charge in [0.25, 0.3) is 0 Å². The molecule has 3 rings (SSSR count). The highest BCUT2D eigenvalue weighted by Gasteiger charge is 2.08. The molecule has 0 aliphatic heterocycles. The van der Waals surface area contributed by atoms with Crippen LogP contribution in [-0.2, 0) is 0 Å². The number of anilines is 2. The van der Waals surface area contributed by atoms with E-state index in [1.807, 2.05) is 66.7 Å². The van der Waals surface area contributed by atoms with Gasteiger partial charge in [-0.05, 0) is 58.4 Å². The summed E-state index contributed by atoms with van der Waals surface area (Å²) in [6.07, 6.45) is 1.78. The van der Waals surface area contributed by atoms with Crippen molar-refractivity contribution in [1.29, 1.82) is 0 Å². The van der Waals surface area contributed by atoms with Gasteiger partial charge in [0.2, 0.25) is 0 Å². The standard InChI is InChI=1S/C21H19BrN2O2/c1-25-20-13-21(26-2)19(22)12-15(20)14-23-16-8-10-18(11-9-16)24-17-6-4-3-5-7-17/h3-14,24H,1-2H3. The SMILES string of the molecule is COc1cc(OC)c(C=Nc2ccc(Nc3ccccc3)cc2)cc1Br. The minimum atomic E-state index is 0.705. The molecule has 5 heteroatoms. The molecule has 0 heterocycles. The molecule has 0 radical (unpaired) electrons. The number of ether oxygens (including phenoxy) is 2. The second-order valence-corrected chi connectivity index (χ2v) is 6.38. The van der Waals surface area contributed by atoms with E-state index >= 15 is 0 Å². The average Bonchev–Trinajstić information content (AvgIpc) is 2.68. The highest BCUT2D eigenvalue weighted by Crippen LogP contribution is 2.32. The molecule has 132 valence electrons. The van der Waals surface area contributed by atoms with Crippen molar-refractivity contribution in [1.82, 2.24) is 0 Å². The molecule has 0 saturated carbocycles. The Hall–Kier alpha value is -2.79. The molecule has 0 bridgehead atoms. The molecule has 4 nitrogen and oxygen atoms in total. The van der Waals surface area contributed by atoms with Crippen LogP contribution in [0.25, 0.3) is 0 Å². The zero-order valence-corrected chi connectivity index (χ0v) is 16.2. The van der Waals surface area contributed by atoms with Crippen molar-refractivity contribution < 1.29 is 9.47 Å². The third-order valence-electron chi connectivity index (χ3n) is 3.79. The summed E-state index contributed by atoms with van der Waals surface area (Å²) in [4.78, 5) is 4.54. The summed E-state index contributed by atoms with van der Waals surface area (Å²) in [5.74, 6) is 1.42. The summed E-state index contributed by atoms with van der Waals surface area (Å²) < 4.78 is 11.6. The number of para-hydroxylation sites is 1. The summed E-state index contributed by atoms with van der Waals surface area (Å²) in [6.45, 7) is 0. The fourth-order valence-electron chi connectivity index (χ4n) is 2.45. The molecule has 0 aliphatic carbocycles. The van der Waals surface area contributed by atoms with E-state index < -0.39 is 0 Å². The van der Waals surface area contributed by atoms with E-state index in [1.165, 1.54) is 0 Å². The van der Waals surface area contributed by atoms with Crippen molar-refractivity contribution >= 4 is 39.2 Å². The van der Waals surface area contributed by atoms with Crippen LogP contribution in [0.2, 0.25) is 0 Å². The number of nitrogens with one attached hydrogen (secondary N) is 1. The summed E-state index contributed by atoms with van der Waals surface area (Å²) in [6, 6.07) is 21.7. The first-order valence-corrected chi connectivity index (χ1v) is 8.86. The first-order chi connectivity index (χ1) is 12.7. The molecule has 26 heavy (non-hydrogen) atoms. The monoisotopic (exact) mass is 410 g/mol. The number of hydrogen-bond acceptors (Lipinski definition) is 4. The van der Waals surface area contributed by atoms with Crippen LogP contribution < -0.4 is 14.8 Å². The lowest BCUT2D eigenvalue weighted by Gasteiger charge is -2.09. The van der Waals surface area contributed by atoms with Gasteiger partial charge in [0, 0.05) is 29.2 Å². The first kappa shape index (κ1) is 18.0. The molecule has 0 amide bonds. The number of rotatable bonds is 6. The maximum atomic E-state index is 5.41. The number of halogens is 1. The molecule has 0 atom stereocenters. The van der Waals surface area contributed by atoms with Gasteiger partial charge in [-0.2, -0.15) is 0 Å². The summed E-state index contributed by atoms with van der Waals surface area (Å²) in [5.41, 5.74) is 3.79. The molecule has 0 aromatic heterocycles. The maximum Gasteiger partial charge on any atom is 0.136 e. The van der Waals surface area contributed by atoms with E-state index in [4.69, 9.17) is 9.47 Å². The lowest BCUT2D eigenvalue weighted by molar-refractivity contribution is 0.392. The Morgan fingerprint density at radius 3 is 2.15 bits per heavy atom. The van der Waals surface area contributed by atoms with E-state index in [0.717, 1.165) is 32.8 Å². The van der Waals surface area contributed by atoms with Crippen LogP contribution in [0, 0.1) is 0 Å². The second kappa shape index (κ2) is 8.54. The molecule has 3 aromatic carbocycles. The zero-order chi connectivity index (χ0) is 18.4. The summed E-state index contributed by atoms with van der Waals surface area (Å²) in [7, 11) is 3.25. The fourth-order valence-corrected chi connectivity index (χ4v) is 2.97. The van der Waals surface area contributed by atoms with Gasteiger partial charge in [0.15, 0.2) is 0 Å². The van der Waals surface area contributed by atoms with Crippen LogP contribution >= 0.6 is 15.9 Å². The zero-order valence-electron chi connectivity index (χ0n) is 14.6. The van der Waals surface area contributed by atoms with Crippen molar-refractivity contribution in [3.63, 3.8) is 0 Å². The van der Waals surface area contributed by atoms with E-state index in [-0.39, 0.29) is 0 Å². The van der Waals surface area contributed by atoms with E-state index in [0.29, 0.717) is 5.75 Å². The van der Waals surface area contributed by atoms with Crippen LogP contribution in [0.3, 0.4) is 0 Å². The number of hydrogen-bond donors (Lipinski definition) is 1. The van der Waals surface area contributed by atoms with Crippen LogP contribution in [0.4, 0.5) is 17.1 Å². The Balaban J connectivity index is 1.76. The van der Waals surface area contributed by atoms with E-state index in [2.05, 4.69) is 26.2 Å². The molecule has 0 fully saturated rings. The number of aliphatic imine (C=N–C) groups is 1. The Labute approximate surface area is 161 Å². The normalized spacial score (nSPS) is 10.7. The van der Waals surface area contributed by atoms with Crippen LogP contribution in [0.15, 0.2) is 76.2 Å². The van der Waals surface area contributed by atoms with Crippen molar-refractivity contribution in [3.8, 4) is 11.5 Å². The van der Waals surface area contributed by atoms with E-state index in [9.17, 15) is 0 Å². The number of benzene rings is 3. The van der Waals surface area contributed by atoms with Gasteiger partial charge < -0.3 is 14.8 Å². The van der Waals surface area contributed by atoms with Gasteiger partial charge in [0.1, 0.15) is 11.5 Å². The Morgan fingerprint density at radius 1 is 0.846 bits per heavy atom. The predicted octanol–water partition coefficient (Wildman–Crippen LogP) is 5.96. The summed E-state index contributed by atoms with van der Waals surface area (Å²) in [5, 5.41) is 3.35. The fraction of sp³-hybridized carbons (Fsp3) is 0.0952. The van der Waals surface area contributed by atoms with Gasteiger partial charge in [-0.15, -0.1) is 0 Å². The number of nitrogens with zero attached hydrogens (tertiary/aromatic N) is 1. The molecule has 0 spiro atoms. The third-order valence-corrected chi connectivity index (χ3v) is 4.41. The molecule has 0 unspecified atom stereocenters. The summed E-state index contributed by atoms with van der Waals surface area (Å²) >= 11 is 3.49. The van der Waals surface area contributed by atoms with Gasteiger partial charge in [-0.3, -0.25) is 4.99 Å². The number of methoxy groups -OCH3 is 2. The van der Waals surface area contributed by atoms with Gasteiger partial charge in [0.05, 0.1) is 24.4 Å². The van der Waals surface area contributed by atoms with Crippen molar-refractivity contribution in [2.45, 2.75) is 0 Å². The lowest BCUT2D eigenvalue weighted by Crippen LogP contribution is -1.94.